The third kappa shape index (κ3) is 2.24. The third-order valence-electron chi connectivity index (χ3n) is 8.45. The Bertz CT molecular complexity index is 589. The summed E-state index contributed by atoms with van der Waals surface area (Å²) >= 11 is 0. The van der Waals surface area contributed by atoms with Crippen LogP contribution in [0.4, 0.5) is 0 Å². The van der Waals surface area contributed by atoms with Crippen molar-refractivity contribution in [2.24, 2.45) is 34.5 Å². The molecule has 4 aliphatic rings. The van der Waals surface area contributed by atoms with Crippen LogP contribution in [0.3, 0.4) is 0 Å². The van der Waals surface area contributed by atoms with Crippen molar-refractivity contribution in [2.45, 2.75) is 65.2 Å². The fourth-order valence-corrected chi connectivity index (χ4v) is 7.03. The molecule has 0 aromatic rings. The molecule has 4 rings (SSSR count). The van der Waals surface area contributed by atoms with Gasteiger partial charge in [0.05, 0.1) is 7.11 Å². The monoisotopic (exact) mass is 328 g/mol. The molecule has 4 aliphatic carbocycles. The summed E-state index contributed by atoms with van der Waals surface area (Å²) in [5, 5.41) is 0. The van der Waals surface area contributed by atoms with E-state index in [2.05, 4.69) is 26.0 Å². The molecule has 1 unspecified atom stereocenters. The van der Waals surface area contributed by atoms with Crippen molar-refractivity contribution in [1.29, 1.82) is 0 Å². The highest BCUT2D eigenvalue weighted by Crippen LogP contribution is 2.65. The van der Waals surface area contributed by atoms with Gasteiger partial charge in [-0.2, -0.15) is 0 Å². The minimum absolute atomic E-state index is 0.146. The molecule has 2 heteroatoms. The number of carbonyl (C=O) groups is 1. The van der Waals surface area contributed by atoms with Crippen LogP contribution in [0.25, 0.3) is 0 Å². The van der Waals surface area contributed by atoms with Crippen LogP contribution < -0.4 is 0 Å². The van der Waals surface area contributed by atoms with E-state index in [1.54, 1.807) is 6.08 Å². The van der Waals surface area contributed by atoms with Crippen LogP contribution in [0, 0.1) is 34.5 Å². The van der Waals surface area contributed by atoms with Gasteiger partial charge in [-0.3, -0.25) is 0 Å². The van der Waals surface area contributed by atoms with Crippen molar-refractivity contribution in [3.63, 3.8) is 0 Å². The molecule has 0 spiro atoms. The number of hydrogen-bond donors (Lipinski definition) is 0. The predicted octanol–water partition coefficient (Wildman–Crippen LogP) is 5.29. The van der Waals surface area contributed by atoms with Crippen LogP contribution in [0.5, 0.6) is 0 Å². The van der Waals surface area contributed by atoms with Gasteiger partial charge >= 0.3 is 5.97 Å². The average molecular weight is 328 g/mol. The Kier molecular flexibility index (Phi) is 3.93. The van der Waals surface area contributed by atoms with Gasteiger partial charge in [-0.1, -0.05) is 38.8 Å². The highest BCUT2D eigenvalue weighted by atomic mass is 16.5. The molecule has 0 N–H and O–H groups in total. The van der Waals surface area contributed by atoms with Gasteiger partial charge in [-0.15, -0.1) is 0 Å². The second kappa shape index (κ2) is 5.75. The predicted molar refractivity (Wildman–Crippen MR) is 96.3 cm³/mol. The lowest BCUT2D eigenvalue weighted by Crippen LogP contribution is -2.52. The van der Waals surface area contributed by atoms with E-state index in [0.717, 1.165) is 17.8 Å². The average Bonchev–Trinajstić information content (AvgIpc) is 2.91. The Morgan fingerprint density at radius 3 is 2.79 bits per heavy atom. The van der Waals surface area contributed by atoms with Crippen LogP contribution in [0.15, 0.2) is 23.8 Å². The fourth-order valence-electron chi connectivity index (χ4n) is 7.03. The zero-order chi connectivity index (χ0) is 16.9. The van der Waals surface area contributed by atoms with Crippen LogP contribution >= 0.6 is 0 Å². The second-order valence-electron chi connectivity index (χ2n) is 9.26. The normalized spacial score (nSPS) is 48.5. The highest BCUT2D eigenvalue weighted by Gasteiger charge is 2.57. The summed E-state index contributed by atoms with van der Waals surface area (Å²) in [5.41, 5.74) is 1.92. The maximum Gasteiger partial charge on any atom is 0.330 e. The first-order valence-corrected chi connectivity index (χ1v) is 9.97. The molecule has 0 aromatic heterocycles. The SMILES string of the molecule is COC(=O)C=C1C=C[C@H]2[C@@H]3CCC4CCCC[C@]4(C)[C@H]3CC[C@]12C. The van der Waals surface area contributed by atoms with Gasteiger partial charge < -0.3 is 4.74 Å². The number of hydrogen-bond acceptors (Lipinski definition) is 2. The summed E-state index contributed by atoms with van der Waals surface area (Å²) in [5.74, 6) is 3.07. The zero-order valence-electron chi connectivity index (χ0n) is 15.5. The number of ether oxygens (including phenoxy) is 1. The summed E-state index contributed by atoms with van der Waals surface area (Å²) in [7, 11) is 1.47. The molecule has 3 fully saturated rings. The van der Waals surface area contributed by atoms with Gasteiger partial charge in [0.2, 0.25) is 0 Å². The molecule has 132 valence electrons. The Morgan fingerprint density at radius 1 is 1.17 bits per heavy atom. The quantitative estimate of drug-likeness (QED) is 0.482. The minimum Gasteiger partial charge on any atom is -0.466 e. The Morgan fingerprint density at radius 2 is 2.00 bits per heavy atom. The summed E-state index contributed by atoms with van der Waals surface area (Å²) in [4.78, 5) is 11.8. The zero-order valence-corrected chi connectivity index (χ0v) is 15.5. The fraction of sp³-hybridized carbons (Fsp3) is 0.773. The molecule has 0 amide bonds. The Balaban J connectivity index is 1.63. The molecule has 0 aromatic carbocycles. The second-order valence-corrected chi connectivity index (χ2v) is 9.26. The number of methoxy groups -OCH3 is 1. The first-order valence-electron chi connectivity index (χ1n) is 9.97. The maximum absolute atomic E-state index is 11.8. The number of rotatable bonds is 1. The molecular formula is C22H32O2. The van der Waals surface area contributed by atoms with Gasteiger partial charge in [0.1, 0.15) is 0 Å². The van der Waals surface area contributed by atoms with Crippen molar-refractivity contribution in [3.8, 4) is 0 Å². The maximum atomic E-state index is 11.8. The molecule has 0 radical (unpaired) electrons. The van der Waals surface area contributed by atoms with Crippen LogP contribution in [-0.2, 0) is 9.53 Å². The molecule has 0 saturated heterocycles. The van der Waals surface area contributed by atoms with Gasteiger partial charge in [0.15, 0.2) is 0 Å². The summed E-state index contributed by atoms with van der Waals surface area (Å²) < 4.78 is 4.88. The molecule has 0 heterocycles. The van der Waals surface area contributed by atoms with E-state index in [0.29, 0.717) is 11.3 Å². The van der Waals surface area contributed by atoms with Crippen molar-refractivity contribution in [3.05, 3.63) is 23.8 Å². The molecule has 24 heavy (non-hydrogen) atoms. The largest absolute Gasteiger partial charge is 0.466 e. The molecule has 3 saturated carbocycles. The van der Waals surface area contributed by atoms with E-state index in [1.807, 2.05) is 0 Å². The first-order chi connectivity index (χ1) is 11.5. The van der Waals surface area contributed by atoms with E-state index >= 15 is 0 Å². The number of allylic oxidation sites excluding steroid dienone is 3. The topological polar surface area (TPSA) is 26.3 Å². The third-order valence-corrected chi connectivity index (χ3v) is 8.45. The minimum atomic E-state index is -0.207. The lowest BCUT2D eigenvalue weighted by molar-refractivity contribution is -0.135. The lowest BCUT2D eigenvalue weighted by Gasteiger charge is -2.60. The lowest BCUT2D eigenvalue weighted by atomic mass is 9.45. The summed E-state index contributed by atoms with van der Waals surface area (Å²) in [6.07, 6.45) is 17.5. The Hall–Kier alpha value is -1.05. The van der Waals surface area contributed by atoms with E-state index in [9.17, 15) is 4.79 Å². The van der Waals surface area contributed by atoms with Gasteiger partial charge in [-0.05, 0) is 78.6 Å². The highest BCUT2D eigenvalue weighted by molar-refractivity contribution is 5.83. The standard InChI is InChI=1S/C22H32O2/c1-21-12-5-4-6-15(21)7-9-17-18-10-8-16(14-20(23)24-3)22(18,2)13-11-19(17)21/h8,10,14-15,17-19H,4-7,9,11-13H2,1-3H3/t15?,17-,18-,19-,21-,22+/m0/s1. The smallest absolute Gasteiger partial charge is 0.330 e. The van der Waals surface area contributed by atoms with Crippen molar-refractivity contribution in [1.82, 2.24) is 0 Å². The van der Waals surface area contributed by atoms with E-state index in [4.69, 9.17) is 4.74 Å². The van der Waals surface area contributed by atoms with E-state index in [-0.39, 0.29) is 11.4 Å². The molecule has 0 aliphatic heterocycles. The van der Waals surface area contributed by atoms with Crippen LogP contribution in [-0.4, -0.2) is 13.1 Å². The number of fused-ring (bicyclic) bond motifs is 5. The number of esters is 1. The molecule has 0 bridgehead atoms. The molecule has 6 atom stereocenters. The summed E-state index contributed by atoms with van der Waals surface area (Å²) in [6.45, 7) is 5.00. The first kappa shape index (κ1) is 16.4. The van der Waals surface area contributed by atoms with Crippen LogP contribution in [0.1, 0.15) is 65.2 Å². The van der Waals surface area contributed by atoms with Gasteiger partial charge in [0.25, 0.3) is 0 Å². The van der Waals surface area contributed by atoms with E-state index < -0.39 is 0 Å². The van der Waals surface area contributed by atoms with Crippen molar-refractivity contribution in [2.75, 3.05) is 7.11 Å². The van der Waals surface area contributed by atoms with Crippen LogP contribution in [0.2, 0.25) is 0 Å². The number of carbonyl (C=O) groups excluding carboxylic acids is 1. The van der Waals surface area contributed by atoms with Crippen molar-refractivity contribution < 1.29 is 9.53 Å². The summed E-state index contributed by atoms with van der Waals surface area (Å²) in [6, 6.07) is 0. The molecular weight excluding hydrogens is 296 g/mol. The van der Waals surface area contributed by atoms with Crippen molar-refractivity contribution >= 4 is 5.97 Å². The van der Waals surface area contributed by atoms with Gasteiger partial charge in [0, 0.05) is 6.08 Å². The Labute approximate surface area is 146 Å². The molecule has 2 nitrogen and oxygen atoms in total. The van der Waals surface area contributed by atoms with Gasteiger partial charge in [-0.25, -0.2) is 4.79 Å². The van der Waals surface area contributed by atoms with E-state index in [1.165, 1.54) is 64.0 Å².